The first-order chi connectivity index (χ1) is 12.5. The molecular weight excluding hydrogens is 332 g/mol. The van der Waals surface area contributed by atoms with Crippen LogP contribution in [0, 0.1) is 5.92 Å². The van der Waals surface area contributed by atoms with Gasteiger partial charge in [-0.15, -0.1) is 0 Å². The Labute approximate surface area is 155 Å². The van der Waals surface area contributed by atoms with Crippen molar-refractivity contribution in [3.63, 3.8) is 0 Å². The van der Waals surface area contributed by atoms with E-state index in [4.69, 9.17) is 9.47 Å². The molecule has 6 nitrogen and oxygen atoms in total. The van der Waals surface area contributed by atoms with Crippen LogP contribution in [0.3, 0.4) is 0 Å². The van der Waals surface area contributed by atoms with Crippen LogP contribution >= 0.6 is 0 Å². The molecule has 0 spiro atoms. The van der Waals surface area contributed by atoms with E-state index < -0.39 is 6.04 Å². The maximum Gasteiger partial charge on any atom is 0.243 e. The van der Waals surface area contributed by atoms with Crippen molar-refractivity contribution in [2.75, 3.05) is 20.3 Å². The number of nitrogens with zero attached hydrogens (tertiary/aromatic N) is 1. The second kappa shape index (κ2) is 9.46. The van der Waals surface area contributed by atoms with E-state index in [1.165, 1.54) is 0 Å². The van der Waals surface area contributed by atoms with Gasteiger partial charge in [-0.2, -0.15) is 0 Å². The molecule has 1 heterocycles. The highest BCUT2D eigenvalue weighted by atomic mass is 16.5. The summed E-state index contributed by atoms with van der Waals surface area (Å²) in [5.41, 5.74) is 0.925. The zero-order valence-corrected chi connectivity index (χ0v) is 16.2. The summed E-state index contributed by atoms with van der Waals surface area (Å²) in [6.45, 7) is 7.66. The molecule has 1 fully saturated rings. The molecule has 26 heavy (non-hydrogen) atoms. The largest absolute Gasteiger partial charge is 0.493 e. The Morgan fingerprint density at radius 2 is 2.08 bits per heavy atom. The maximum atomic E-state index is 12.7. The number of carbonyl (C=O) groups is 2. The summed E-state index contributed by atoms with van der Waals surface area (Å²) in [5, 5.41) is 2.96. The molecule has 1 saturated heterocycles. The standard InChI is InChI=1S/C20H30N2O4/c1-5-11-26-16-9-8-15(12-17(16)25-4)13-21-20(24)19(14(2)3)22-10-6-7-18(22)23/h8-9,12,14,19H,5-7,10-11,13H2,1-4H3,(H,21,24)/t19-/m0/s1. The Balaban J connectivity index is 2.02. The molecule has 0 unspecified atom stereocenters. The number of nitrogens with one attached hydrogen (secondary N) is 1. The van der Waals surface area contributed by atoms with Crippen LogP contribution in [-0.2, 0) is 16.1 Å². The van der Waals surface area contributed by atoms with Gasteiger partial charge in [0, 0.05) is 19.5 Å². The summed E-state index contributed by atoms with van der Waals surface area (Å²) >= 11 is 0. The van der Waals surface area contributed by atoms with Crippen molar-refractivity contribution in [1.82, 2.24) is 10.2 Å². The molecule has 0 bridgehead atoms. The topological polar surface area (TPSA) is 67.9 Å². The molecule has 1 N–H and O–H groups in total. The van der Waals surface area contributed by atoms with Crippen molar-refractivity contribution in [1.29, 1.82) is 0 Å². The van der Waals surface area contributed by atoms with Gasteiger partial charge in [-0.25, -0.2) is 0 Å². The van der Waals surface area contributed by atoms with Gasteiger partial charge in [-0.3, -0.25) is 9.59 Å². The quantitative estimate of drug-likeness (QED) is 0.733. The lowest BCUT2D eigenvalue weighted by Gasteiger charge is -2.29. The van der Waals surface area contributed by atoms with Crippen molar-refractivity contribution >= 4 is 11.8 Å². The zero-order valence-electron chi connectivity index (χ0n) is 16.2. The van der Waals surface area contributed by atoms with Gasteiger partial charge in [0.05, 0.1) is 13.7 Å². The maximum absolute atomic E-state index is 12.7. The molecule has 1 aliphatic heterocycles. The molecule has 1 aromatic rings. The number of ether oxygens (including phenoxy) is 2. The van der Waals surface area contributed by atoms with Crippen LogP contribution < -0.4 is 14.8 Å². The fourth-order valence-corrected chi connectivity index (χ4v) is 3.21. The summed E-state index contributed by atoms with van der Waals surface area (Å²) in [4.78, 5) is 26.4. The molecule has 2 rings (SSSR count). The molecule has 6 heteroatoms. The summed E-state index contributed by atoms with van der Waals surface area (Å²) < 4.78 is 11.0. The molecule has 0 aromatic heterocycles. The van der Waals surface area contributed by atoms with E-state index in [0.29, 0.717) is 37.6 Å². The molecule has 1 atom stereocenters. The summed E-state index contributed by atoms with van der Waals surface area (Å²) in [6, 6.07) is 5.23. The van der Waals surface area contributed by atoms with Crippen LogP contribution in [0.25, 0.3) is 0 Å². The lowest BCUT2D eigenvalue weighted by Crippen LogP contribution is -2.50. The lowest BCUT2D eigenvalue weighted by molar-refractivity contribution is -0.139. The smallest absolute Gasteiger partial charge is 0.243 e. The molecular formula is C20H30N2O4. The number of benzene rings is 1. The van der Waals surface area contributed by atoms with E-state index in [1.54, 1.807) is 12.0 Å². The number of methoxy groups -OCH3 is 1. The monoisotopic (exact) mass is 362 g/mol. The van der Waals surface area contributed by atoms with Gasteiger partial charge in [-0.05, 0) is 36.5 Å². The molecule has 0 saturated carbocycles. The van der Waals surface area contributed by atoms with Crippen molar-refractivity contribution in [3.8, 4) is 11.5 Å². The van der Waals surface area contributed by atoms with Gasteiger partial charge in [0.25, 0.3) is 0 Å². The molecule has 1 aliphatic rings. The van der Waals surface area contributed by atoms with E-state index >= 15 is 0 Å². The highest BCUT2D eigenvalue weighted by Crippen LogP contribution is 2.28. The summed E-state index contributed by atoms with van der Waals surface area (Å²) in [6.07, 6.45) is 2.28. The Hall–Kier alpha value is -2.24. The average Bonchev–Trinajstić information content (AvgIpc) is 3.03. The highest BCUT2D eigenvalue weighted by Gasteiger charge is 2.34. The normalized spacial score (nSPS) is 15.3. The fourth-order valence-electron chi connectivity index (χ4n) is 3.21. The van der Waals surface area contributed by atoms with E-state index in [1.807, 2.05) is 39.0 Å². The van der Waals surface area contributed by atoms with Gasteiger partial charge < -0.3 is 19.7 Å². The minimum absolute atomic E-state index is 0.0661. The van der Waals surface area contributed by atoms with E-state index in [2.05, 4.69) is 5.32 Å². The Bertz CT molecular complexity index is 630. The van der Waals surface area contributed by atoms with Crippen molar-refractivity contribution in [3.05, 3.63) is 23.8 Å². The van der Waals surface area contributed by atoms with Gasteiger partial charge in [0.1, 0.15) is 6.04 Å². The van der Waals surface area contributed by atoms with Crippen molar-refractivity contribution in [2.45, 2.75) is 52.6 Å². The minimum atomic E-state index is -0.418. The zero-order chi connectivity index (χ0) is 19.1. The molecule has 2 amide bonds. The lowest BCUT2D eigenvalue weighted by atomic mass is 10.0. The van der Waals surface area contributed by atoms with E-state index in [9.17, 15) is 9.59 Å². The Morgan fingerprint density at radius 1 is 1.31 bits per heavy atom. The first kappa shape index (κ1) is 20.1. The third-order valence-electron chi connectivity index (χ3n) is 4.50. The van der Waals surface area contributed by atoms with Crippen LogP contribution in [0.4, 0.5) is 0 Å². The van der Waals surface area contributed by atoms with E-state index in [-0.39, 0.29) is 17.7 Å². The van der Waals surface area contributed by atoms with Crippen molar-refractivity contribution < 1.29 is 19.1 Å². The highest BCUT2D eigenvalue weighted by molar-refractivity contribution is 5.88. The number of amides is 2. The first-order valence-corrected chi connectivity index (χ1v) is 9.34. The van der Waals surface area contributed by atoms with Gasteiger partial charge in [0.15, 0.2) is 11.5 Å². The van der Waals surface area contributed by atoms with Crippen LogP contribution in [0.15, 0.2) is 18.2 Å². The Kier molecular flexibility index (Phi) is 7.30. The third-order valence-corrected chi connectivity index (χ3v) is 4.50. The number of hydrogen-bond donors (Lipinski definition) is 1. The number of likely N-dealkylation sites (tertiary alicyclic amines) is 1. The average molecular weight is 362 g/mol. The number of rotatable bonds is 9. The minimum Gasteiger partial charge on any atom is -0.493 e. The van der Waals surface area contributed by atoms with Gasteiger partial charge in [-0.1, -0.05) is 26.8 Å². The van der Waals surface area contributed by atoms with Gasteiger partial charge in [0.2, 0.25) is 11.8 Å². The molecule has 0 aliphatic carbocycles. The van der Waals surface area contributed by atoms with Crippen LogP contribution in [0.2, 0.25) is 0 Å². The van der Waals surface area contributed by atoms with E-state index in [0.717, 1.165) is 18.4 Å². The van der Waals surface area contributed by atoms with Crippen LogP contribution in [0.5, 0.6) is 11.5 Å². The first-order valence-electron chi connectivity index (χ1n) is 9.34. The molecule has 1 aromatic carbocycles. The van der Waals surface area contributed by atoms with Crippen LogP contribution in [0.1, 0.15) is 45.6 Å². The molecule has 144 valence electrons. The Morgan fingerprint density at radius 3 is 2.65 bits per heavy atom. The summed E-state index contributed by atoms with van der Waals surface area (Å²) in [5.74, 6) is 1.38. The SMILES string of the molecule is CCCOc1ccc(CNC(=O)[C@H](C(C)C)N2CCCC2=O)cc1OC. The van der Waals surface area contributed by atoms with Gasteiger partial charge >= 0.3 is 0 Å². The fraction of sp³-hybridized carbons (Fsp3) is 0.600. The molecule has 0 radical (unpaired) electrons. The third kappa shape index (κ3) is 4.90. The van der Waals surface area contributed by atoms with Crippen molar-refractivity contribution in [2.24, 2.45) is 5.92 Å². The van der Waals surface area contributed by atoms with Crippen LogP contribution in [-0.4, -0.2) is 43.0 Å². The predicted octanol–water partition coefficient (Wildman–Crippen LogP) is 2.75. The second-order valence-corrected chi connectivity index (χ2v) is 6.93. The number of carbonyl (C=O) groups excluding carboxylic acids is 2. The predicted molar refractivity (Wildman–Crippen MR) is 100 cm³/mol. The second-order valence-electron chi connectivity index (χ2n) is 6.93. The summed E-state index contributed by atoms with van der Waals surface area (Å²) in [7, 11) is 1.60. The number of hydrogen-bond acceptors (Lipinski definition) is 4.